The Labute approximate surface area is 118 Å². The van der Waals surface area contributed by atoms with Gasteiger partial charge >= 0.3 is 5.97 Å². The van der Waals surface area contributed by atoms with Crippen LogP contribution in [-0.4, -0.2) is 51.2 Å². The Morgan fingerprint density at radius 2 is 1.95 bits per heavy atom. The Morgan fingerprint density at radius 1 is 1.30 bits per heavy atom. The summed E-state index contributed by atoms with van der Waals surface area (Å²) in [7, 11) is 0. The Kier molecular flexibility index (Phi) is 5.66. The average Bonchev–Trinajstić information content (AvgIpc) is 2.84. The zero-order valence-corrected chi connectivity index (χ0v) is 12.6. The molecular formula is C13H22N4O3. The van der Waals surface area contributed by atoms with E-state index >= 15 is 0 Å². The van der Waals surface area contributed by atoms with Crippen molar-refractivity contribution in [2.24, 2.45) is 0 Å². The molecule has 1 amide bonds. The van der Waals surface area contributed by atoms with Gasteiger partial charge in [0.15, 0.2) is 0 Å². The van der Waals surface area contributed by atoms with Crippen LogP contribution < -0.4 is 0 Å². The molecule has 7 nitrogen and oxygen atoms in total. The van der Waals surface area contributed by atoms with Crippen molar-refractivity contribution in [3.05, 3.63) is 11.6 Å². The molecule has 0 aromatic carbocycles. The molecule has 0 radical (unpaired) electrons. The van der Waals surface area contributed by atoms with E-state index in [1.54, 1.807) is 6.92 Å². The van der Waals surface area contributed by atoms with Gasteiger partial charge < -0.3 is 9.64 Å². The number of H-pyrrole nitrogens is 1. The van der Waals surface area contributed by atoms with Crippen LogP contribution >= 0.6 is 0 Å². The highest BCUT2D eigenvalue weighted by Gasteiger charge is 2.25. The topological polar surface area (TPSA) is 88.2 Å². The Bertz CT molecular complexity index is 468. The third kappa shape index (κ3) is 4.04. The fourth-order valence-corrected chi connectivity index (χ4v) is 1.59. The second kappa shape index (κ2) is 7.02. The van der Waals surface area contributed by atoms with Crippen molar-refractivity contribution in [1.82, 2.24) is 20.1 Å². The molecule has 0 saturated carbocycles. The van der Waals surface area contributed by atoms with Crippen LogP contribution in [0.4, 0.5) is 0 Å². The molecular weight excluding hydrogens is 260 g/mol. The summed E-state index contributed by atoms with van der Waals surface area (Å²) in [5.74, 6) is 0.0619. The van der Waals surface area contributed by atoms with E-state index in [2.05, 4.69) is 15.2 Å². The van der Waals surface area contributed by atoms with Crippen LogP contribution in [0.25, 0.3) is 0 Å². The molecule has 0 aliphatic rings. The number of aromatic nitrogens is 3. The summed E-state index contributed by atoms with van der Waals surface area (Å²) in [6.07, 6.45) is 0. The van der Waals surface area contributed by atoms with Crippen molar-refractivity contribution in [3.8, 4) is 0 Å². The molecule has 1 heterocycles. The van der Waals surface area contributed by atoms with Gasteiger partial charge in [-0.25, -0.2) is 4.98 Å². The lowest BCUT2D eigenvalue weighted by Crippen LogP contribution is -2.41. The Hall–Kier alpha value is -1.92. The maximum absolute atomic E-state index is 12.3. The summed E-state index contributed by atoms with van der Waals surface area (Å²) in [6, 6.07) is -0.145. The van der Waals surface area contributed by atoms with Crippen LogP contribution in [0.2, 0.25) is 0 Å². The second-order valence-corrected chi connectivity index (χ2v) is 5.03. The fraction of sp³-hybridized carbons (Fsp3) is 0.692. The minimum Gasteiger partial charge on any atom is -0.465 e. The van der Waals surface area contributed by atoms with Gasteiger partial charge in [-0.3, -0.25) is 14.7 Å². The van der Waals surface area contributed by atoms with Crippen LogP contribution in [0, 0.1) is 0 Å². The van der Waals surface area contributed by atoms with E-state index in [1.807, 2.05) is 27.7 Å². The predicted molar refractivity (Wildman–Crippen MR) is 73.3 cm³/mol. The number of rotatable bonds is 6. The summed E-state index contributed by atoms with van der Waals surface area (Å²) in [5.41, 5.74) is 0. The first-order chi connectivity index (χ1) is 9.36. The van der Waals surface area contributed by atoms with Gasteiger partial charge in [0.1, 0.15) is 12.4 Å². The minimum atomic E-state index is -0.436. The van der Waals surface area contributed by atoms with E-state index in [-0.39, 0.29) is 36.8 Å². The molecule has 0 fully saturated rings. The molecule has 20 heavy (non-hydrogen) atoms. The highest BCUT2D eigenvalue weighted by molar-refractivity contribution is 5.92. The fourth-order valence-electron chi connectivity index (χ4n) is 1.59. The van der Waals surface area contributed by atoms with E-state index < -0.39 is 5.97 Å². The number of carbonyl (C=O) groups is 2. The molecule has 1 aromatic heterocycles. The number of aromatic amines is 1. The third-order valence-corrected chi connectivity index (χ3v) is 2.73. The van der Waals surface area contributed by atoms with Crippen LogP contribution in [0.1, 0.15) is 57.0 Å². The second-order valence-electron chi connectivity index (χ2n) is 5.03. The standard InChI is InChI=1S/C13H22N4O3/c1-6-20-10(18)7-17(9(4)5)13(19)12-14-11(8(2)3)15-16-12/h8-9H,6-7H2,1-5H3,(H,14,15,16). The summed E-state index contributed by atoms with van der Waals surface area (Å²) in [5, 5.41) is 6.65. The maximum Gasteiger partial charge on any atom is 0.325 e. The smallest absolute Gasteiger partial charge is 0.325 e. The van der Waals surface area contributed by atoms with Gasteiger partial charge in [0.25, 0.3) is 5.91 Å². The number of hydrogen-bond donors (Lipinski definition) is 1. The summed E-state index contributed by atoms with van der Waals surface area (Å²) >= 11 is 0. The van der Waals surface area contributed by atoms with Crippen molar-refractivity contribution in [2.45, 2.75) is 46.6 Å². The third-order valence-electron chi connectivity index (χ3n) is 2.73. The largest absolute Gasteiger partial charge is 0.465 e. The summed E-state index contributed by atoms with van der Waals surface area (Å²) in [4.78, 5) is 29.4. The minimum absolute atomic E-state index is 0.0756. The van der Waals surface area contributed by atoms with Crippen LogP contribution in [-0.2, 0) is 9.53 Å². The van der Waals surface area contributed by atoms with Crippen molar-refractivity contribution >= 4 is 11.9 Å². The Balaban J connectivity index is 2.85. The van der Waals surface area contributed by atoms with Crippen molar-refractivity contribution < 1.29 is 14.3 Å². The van der Waals surface area contributed by atoms with Gasteiger partial charge in [-0.2, -0.15) is 0 Å². The quantitative estimate of drug-likeness (QED) is 0.795. The lowest BCUT2D eigenvalue weighted by atomic mass is 10.2. The van der Waals surface area contributed by atoms with Gasteiger partial charge in [-0.15, -0.1) is 5.10 Å². The predicted octanol–water partition coefficient (Wildman–Crippen LogP) is 1.34. The monoisotopic (exact) mass is 282 g/mol. The molecule has 0 saturated heterocycles. The molecule has 112 valence electrons. The zero-order valence-electron chi connectivity index (χ0n) is 12.6. The lowest BCUT2D eigenvalue weighted by Gasteiger charge is -2.24. The molecule has 7 heteroatoms. The van der Waals surface area contributed by atoms with E-state index in [0.717, 1.165) is 0 Å². The molecule has 0 spiro atoms. The molecule has 0 aliphatic heterocycles. The zero-order chi connectivity index (χ0) is 15.3. The number of nitrogens with one attached hydrogen (secondary N) is 1. The van der Waals surface area contributed by atoms with Crippen molar-refractivity contribution in [2.75, 3.05) is 13.2 Å². The van der Waals surface area contributed by atoms with E-state index in [0.29, 0.717) is 5.82 Å². The van der Waals surface area contributed by atoms with E-state index in [4.69, 9.17) is 4.74 Å². The van der Waals surface area contributed by atoms with Crippen molar-refractivity contribution in [3.63, 3.8) is 0 Å². The number of hydrogen-bond acceptors (Lipinski definition) is 5. The molecule has 0 unspecified atom stereocenters. The number of ether oxygens (including phenoxy) is 1. The van der Waals surface area contributed by atoms with Gasteiger partial charge in [-0.05, 0) is 20.8 Å². The van der Waals surface area contributed by atoms with Gasteiger partial charge in [0.2, 0.25) is 5.82 Å². The molecule has 0 bridgehead atoms. The Morgan fingerprint density at radius 3 is 2.40 bits per heavy atom. The first-order valence-corrected chi connectivity index (χ1v) is 6.75. The summed E-state index contributed by atoms with van der Waals surface area (Å²) < 4.78 is 4.87. The number of amides is 1. The van der Waals surface area contributed by atoms with E-state index in [9.17, 15) is 9.59 Å². The van der Waals surface area contributed by atoms with Crippen molar-refractivity contribution in [1.29, 1.82) is 0 Å². The van der Waals surface area contributed by atoms with Gasteiger partial charge in [-0.1, -0.05) is 13.8 Å². The SMILES string of the molecule is CCOC(=O)CN(C(=O)c1n[nH]c(C(C)C)n1)C(C)C. The molecule has 1 rings (SSSR count). The molecule has 1 aromatic rings. The first-order valence-electron chi connectivity index (χ1n) is 6.75. The lowest BCUT2D eigenvalue weighted by molar-refractivity contribution is -0.144. The van der Waals surface area contributed by atoms with Crippen LogP contribution in [0.15, 0.2) is 0 Å². The van der Waals surface area contributed by atoms with Gasteiger partial charge in [0.05, 0.1) is 6.61 Å². The normalized spacial score (nSPS) is 10.9. The van der Waals surface area contributed by atoms with Crippen LogP contribution in [0.5, 0.6) is 0 Å². The highest BCUT2D eigenvalue weighted by atomic mass is 16.5. The number of nitrogens with zero attached hydrogens (tertiary/aromatic N) is 3. The summed E-state index contributed by atoms with van der Waals surface area (Å²) in [6.45, 7) is 9.47. The first kappa shape index (κ1) is 16.1. The van der Waals surface area contributed by atoms with Gasteiger partial charge in [0, 0.05) is 12.0 Å². The maximum atomic E-state index is 12.3. The molecule has 1 N–H and O–H groups in total. The average molecular weight is 282 g/mol. The van der Waals surface area contributed by atoms with E-state index in [1.165, 1.54) is 4.90 Å². The molecule has 0 aliphatic carbocycles. The highest BCUT2D eigenvalue weighted by Crippen LogP contribution is 2.10. The molecule has 0 atom stereocenters. The van der Waals surface area contributed by atoms with Crippen LogP contribution in [0.3, 0.4) is 0 Å². The number of carbonyl (C=O) groups excluding carboxylic acids is 2. The number of esters is 1.